The van der Waals surface area contributed by atoms with Gasteiger partial charge >= 0.3 is 5.63 Å². The third-order valence-corrected chi connectivity index (χ3v) is 5.64. The molecule has 140 valence electrons. The molecule has 6 heteroatoms. The smallest absolute Gasteiger partial charge is 0.347 e. The minimum Gasteiger partial charge on any atom is -0.403 e. The fourth-order valence-electron chi connectivity index (χ4n) is 4.21. The van der Waals surface area contributed by atoms with Gasteiger partial charge in [0.25, 0.3) is 11.8 Å². The molecule has 3 aromatic rings. The molecule has 1 fully saturated rings. The van der Waals surface area contributed by atoms with E-state index in [1.54, 1.807) is 42.5 Å². The normalized spacial score (nSPS) is 17.4. The van der Waals surface area contributed by atoms with Crippen molar-refractivity contribution in [2.45, 2.75) is 38.1 Å². The van der Waals surface area contributed by atoms with Gasteiger partial charge in [-0.25, -0.2) is 9.78 Å². The molecule has 6 nitrogen and oxygen atoms in total. The lowest BCUT2D eigenvalue weighted by atomic mass is 9.94. The minimum absolute atomic E-state index is 0.0266. The minimum atomic E-state index is -0.479. The molecule has 0 radical (unpaired) electrons. The molecule has 0 spiro atoms. The quantitative estimate of drug-likeness (QED) is 0.638. The van der Waals surface area contributed by atoms with Crippen molar-refractivity contribution in [1.29, 1.82) is 0 Å². The van der Waals surface area contributed by atoms with Crippen molar-refractivity contribution in [3.63, 3.8) is 0 Å². The van der Waals surface area contributed by atoms with E-state index >= 15 is 0 Å². The third kappa shape index (κ3) is 2.56. The second-order valence-electron chi connectivity index (χ2n) is 7.36. The maximum Gasteiger partial charge on any atom is 0.347 e. The first-order valence-corrected chi connectivity index (χ1v) is 9.56. The molecule has 28 heavy (non-hydrogen) atoms. The second kappa shape index (κ2) is 6.41. The van der Waals surface area contributed by atoms with Gasteiger partial charge < -0.3 is 4.42 Å². The molecule has 2 heterocycles. The molecule has 1 aromatic heterocycles. The summed E-state index contributed by atoms with van der Waals surface area (Å²) in [6.07, 6.45) is 4.94. The summed E-state index contributed by atoms with van der Waals surface area (Å²) in [5.74, 6) is -0.355. The summed E-state index contributed by atoms with van der Waals surface area (Å²) in [5.41, 5.74) is 1.31. The summed E-state index contributed by atoms with van der Waals surface area (Å²) < 4.78 is 5.37. The number of carbonyl (C=O) groups excluding carboxylic acids is 2. The maximum absolute atomic E-state index is 13.0. The average Bonchev–Trinajstić information content (AvgIpc) is 2.98. The van der Waals surface area contributed by atoms with E-state index < -0.39 is 5.63 Å². The zero-order chi connectivity index (χ0) is 19.3. The number of nitrogens with zero attached hydrogens (tertiary/aromatic N) is 2. The highest BCUT2D eigenvalue weighted by atomic mass is 16.4. The number of fused-ring (bicyclic) bond motifs is 2. The van der Waals surface area contributed by atoms with E-state index in [4.69, 9.17) is 4.42 Å². The Labute approximate surface area is 160 Å². The number of imide groups is 1. The largest absolute Gasteiger partial charge is 0.403 e. The number of carbonyl (C=O) groups is 2. The first-order valence-electron chi connectivity index (χ1n) is 9.56. The Morgan fingerprint density at radius 2 is 1.64 bits per heavy atom. The van der Waals surface area contributed by atoms with Gasteiger partial charge in [-0.3, -0.25) is 14.5 Å². The van der Waals surface area contributed by atoms with Crippen molar-refractivity contribution in [2.75, 3.05) is 0 Å². The SMILES string of the molecule is O=C1c2ccc(-c3nc4ccccc4c(=O)o3)cc2C(=O)N1C1CCCCC1. The van der Waals surface area contributed by atoms with Crippen molar-refractivity contribution in [2.24, 2.45) is 0 Å². The van der Waals surface area contributed by atoms with E-state index in [2.05, 4.69) is 4.98 Å². The van der Waals surface area contributed by atoms with Crippen LogP contribution in [0.25, 0.3) is 22.4 Å². The van der Waals surface area contributed by atoms with E-state index in [9.17, 15) is 14.4 Å². The summed E-state index contributed by atoms with van der Waals surface area (Å²) in [6.45, 7) is 0. The molecule has 2 amide bonds. The van der Waals surface area contributed by atoms with Crippen LogP contribution in [0.2, 0.25) is 0 Å². The molecule has 0 unspecified atom stereocenters. The van der Waals surface area contributed by atoms with Crippen LogP contribution in [0, 0.1) is 0 Å². The highest BCUT2D eigenvalue weighted by Crippen LogP contribution is 2.33. The summed E-state index contributed by atoms with van der Waals surface area (Å²) in [7, 11) is 0. The summed E-state index contributed by atoms with van der Waals surface area (Å²) in [5, 5.41) is 0.405. The first-order chi connectivity index (χ1) is 13.6. The predicted molar refractivity (Wildman–Crippen MR) is 103 cm³/mol. The zero-order valence-electron chi connectivity index (χ0n) is 15.2. The standard InChI is InChI=1S/C22H18N2O4/c25-20-15-11-10-13(19-23-18-9-5-4-8-16(18)22(27)28-19)12-17(15)21(26)24(20)14-6-2-1-3-7-14/h4-5,8-12,14H,1-3,6-7H2. The molecule has 1 aliphatic heterocycles. The molecular formula is C22H18N2O4. The highest BCUT2D eigenvalue weighted by molar-refractivity contribution is 6.22. The van der Waals surface area contributed by atoms with Crippen LogP contribution in [0.4, 0.5) is 0 Å². The fourth-order valence-corrected chi connectivity index (χ4v) is 4.21. The van der Waals surface area contributed by atoms with Gasteiger partial charge in [0.1, 0.15) is 0 Å². The van der Waals surface area contributed by atoms with E-state index in [1.807, 2.05) is 0 Å². The van der Waals surface area contributed by atoms with Crippen LogP contribution < -0.4 is 5.63 Å². The van der Waals surface area contributed by atoms with E-state index in [1.165, 1.54) is 4.90 Å². The molecular weight excluding hydrogens is 356 g/mol. The molecule has 2 aliphatic rings. The van der Waals surface area contributed by atoms with Crippen molar-refractivity contribution in [3.8, 4) is 11.5 Å². The van der Waals surface area contributed by atoms with Gasteiger partial charge in [0.05, 0.1) is 22.0 Å². The van der Waals surface area contributed by atoms with Crippen molar-refractivity contribution < 1.29 is 14.0 Å². The van der Waals surface area contributed by atoms with Gasteiger partial charge in [0.15, 0.2) is 0 Å². The number of aromatic nitrogens is 1. The Morgan fingerprint density at radius 1 is 0.893 bits per heavy atom. The molecule has 0 N–H and O–H groups in total. The van der Waals surface area contributed by atoms with Gasteiger partial charge in [-0.15, -0.1) is 0 Å². The lowest BCUT2D eigenvalue weighted by Crippen LogP contribution is -2.40. The number of rotatable bonds is 2. The first kappa shape index (κ1) is 16.9. The highest BCUT2D eigenvalue weighted by Gasteiger charge is 2.40. The van der Waals surface area contributed by atoms with Crippen LogP contribution in [-0.2, 0) is 0 Å². The number of amides is 2. The van der Waals surface area contributed by atoms with Gasteiger partial charge in [-0.05, 0) is 43.2 Å². The van der Waals surface area contributed by atoms with Crippen LogP contribution in [0.1, 0.15) is 52.8 Å². The topological polar surface area (TPSA) is 80.5 Å². The van der Waals surface area contributed by atoms with Crippen molar-refractivity contribution >= 4 is 22.7 Å². The lowest BCUT2D eigenvalue weighted by molar-refractivity contribution is 0.0549. The number of para-hydroxylation sites is 1. The van der Waals surface area contributed by atoms with E-state index in [0.29, 0.717) is 27.6 Å². The van der Waals surface area contributed by atoms with Crippen molar-refractivity contribution in [3.05, 3.63) is 64.0 Å². The number of benzene rings is 2. The molecule has 2 aromatic carbocycles. The molecule has 1 saturated carbocycles. The Kier molecular flexibility index (Phi) is 3.86. The zero-order valence-corrected chi connectivity index (χ0v) is 15.2. The number of hydrogen-bond donors (Lipinski definition) is 0. The van der Waals surface area contributed by atoms with Gasteiger partial charge in [0.2, 0.25) is 5.89 Å². The Balaban J connectivity index is 1.56. The Morgan fingerprint density at radius 3 is 2.46 bits per heavy atom. The number of hydrogen-bond acceptors (Lipinski definition) is 5. The summed E-state index contributed by atoms with van der Waals surface area (Å²) in [4.78, 5) is 43.8. The Hall–Kier alpha value is -3.28. The summed E-state index contributed by atoms with van der Waals surface area (Å²) >= 11 is 0. The van der Waals surface area contributed by atoms with E-state index in [0.717, 1.165) is 32.1 Å². The third-order valence-electron chi connectivity index (χ3n) is 5.64. The maximum atomic E-state index is 13.0. The van der Waals surface area contributed by atoms with Crippen LogP contribution in [0.5, 0.6) is 0 Å². The molecule has 0 bridgehead atoms. The predicted octanol–water partition coefficient (Wildman–Crippen LogP) is 3.78. The van der Waals surface area contributed by atoms with Crippen LogP contribution in [0.3, 0.4) is 0 Å². The fraction of sp³-hybridized carbons (Fsp3) is 0.273. The van der Waals surface area contributed by atoms with Crippen molar-refractivity contribution in [1.82, 2.24) is 9.88 Å². The van der Waals surface area contributed by atoms with Gasteiger partial charge in [-0.2, -0.15) is 0 Å². The van der Waals surface area contributed by atoms with Crippen LogP contribution >= 0.6 is 0 Å². The second-order valence-corrected chi connectivity index (χ2v) is 7.36. The Bertz CT molecular complexity index is 1170. The summed E-state index contributed by atoms with van der Waals surface area (Å²) in [6, 6.07) is 11.8. The monoisotopic (exact) mass is 374 g/mol. The van der Waals surface area contributed by atoms with Crippen LogP contribution in [0.15, 0.2) is 51.7 Å². The molecule has 0 saturated heterocycles. The molecule has 1 aliphatic carbocycles. The lowest BCUT2D eigenvalue weighted by Gasteiger charge is -2.29. The molecule has 5 rings (SSSR count). The van der Waals surface area contributed by atoms with Gasteiger partial charge in [-0.1, -0.05) is 31.4 Å². The molecule has 0 atom stereocenters. The van der Waals surface area contributed by atoms with Gasteiger partial charge in [0, 0.05) is 11.6 Å². The average molecular weight is 374 g/mol. The van der Waals surface area contributed by atoms with Crippen LogP contribution in [-0.4, -0.2) is 27.7 Å². The van der Waals surface area contributed by atoms with E-state index in [-0.39, 0.29) is 23.7 Å².